The summed E-state index contributed by atoms with van der Waals surface area (Å²) in [5, 5.41) is 30.8. The molecule has 0 spiro atoms. The van der Waals surface area contributed by atoms with Crippen LogP contribution in [0.2, 0.25) is 10.0 Å². The lowest BCUT2D eigenvalue weighted by Gasteiger charge is -2.06. The predicted octanol–water partition coefficient (Wildman–Crippen LogP) is 9.30. The van der Waals surface area contributed by atoms with E-state index in [0.29, 0.717) is 61.7 Å². The number of fused-ring (bicyclic) bond motifs is 2. The molecule has 56 heavy (non-hydrogen) atoms. The number of carbonyl (C=O) groups is 1. The zero-order valence-electron chi connectivity index (χ0n) is 30.1. The number of hydrogen-bond acceptors (Lipinski definition) is 8. The highest BCUT2D eigenvalue weighted by Crippen LogP contribution is 2.36. The maximum Gasteiger partial charge on any atom is 0.177 e. The van der Waals surface area contributed by atoms with Crippen LogP contribution in [-0.2, 0) is 6.42 Å². The quantitative estimate of drug-likeness (QED) is 0.110. The fraction of sp³-hybridized carbons (Fsp3) is 0.179. The van der Waals surface area contributed by atoms with Crippen LogP contribution < -0.4 is 0 Å². The van der Waals surface area contributed by atoms with E-state index in [-0.39, 0.29) is 35.1 Å². The molecule has 17 heteroatoms. The number of Topliss-reactive ketones (excluding diaryl/α,β-unsaturated/α-hetero) is 1. The molecule has 0 N–H and O–H groups in total. The van der Waals surface area contributed by atoms with Gasteiger partial charge in [-0.1, -0.05) is 57.0 Å². The summed E-state index contributed by atoms with van der Waals surface area (Å²) in [7, 11) is 0. The lowest BCUT2D eigenvalue weighted by Crippen LogP contribution is -2.10. The van der Waals surface area contributed by atoms with Gasteiger partial charge in [0.2, 0.25) is 0 Å². The molecule has 0 fully saturated rings. The van der Waals surface area contributed by atoms with Gasteiger partial charge >= 0.3 is 0 Å². The van der Waals surface area contributed by atoms with Crippen molar-refractivity contribution in [2.75, 3.05) is 0 Å². The predicted molar refractivity (Wildman–Crippen MR) is 202 cm³/mol. The Morgan fingerprint density at radius 2 is 1.25 bits per heavy atom. The first kappa shape index (κ1) is 38.2. The maximum absolute atomic E-state index is 14.8. The van der Waals surface area contributed by atoms with Gasteiger partial charge in [-0.2, -0.15) is 24.3 Å². The van der Waals surface area contributed by atoms with E-state index in [1.165, 1.54) is 16.8 Å². The van der Waals surface area contributed by atoms with Gasteiger partial charge in [0.15, 0.2) is 28.7 Å². The molecule has 0 radical (unpaired) electrons. The van der Waals surface area contributed by atoms with Crippen LogP contribution in [0.15, 0.2) is 85.1 Å². The Morgan fingerprint density at radius 3 is 1.86 bits per heavy atom. The number of rotatable bonds is 8. The first-order valence-electron chi connectivity index (χ1n) is 17.2. The Balaban J connectivity index is 0.000000183. The molecule has 0 amide bonds. The molecule has 0 aliphatic heterocycles. The molecule has 11 nitrogen and oxygen atoms in total. The molecule has 284 valence electrons. The zero-order chi connectivity index (χ0) is 39.8. The van der Waals surface area contributed by atoms with E-state index in [1.807, 2.05) is 27.7 Å². The topological polar surface area (TPSA) is 121 Å². The van der Waals surface area contributed by atoms with Crippen molar-refractivity contribution in [3.63, 3.8) is 0 Å². The van der Waals surface area contributed by atoms with Crippen molar-refractivity contribution < 1.29 is 22.4 Å². The van der Waals surface area contributed by atoms with Gasteiger partial charge in [-0.05, 0) is 60.7 Å². The van der Waals surface area contributed by atoms with Crippen LogP contribution in [0.3, 0.4) is 0 Å². The van der Waals surface area contributed by atoms with Gasteiger partial charge in [-0.25, -0.2) is 22.2 Å². The number of halogens is 6. The third kappa shape index (κ3) is 7.59. The molecule has 0 aliphatic carbocycles. The number of para-hydroxylation sites is 1. The molecule has 0 atom stereocenters. The molecule has 0 bridgehead atoms. The molecule has 0 aliphatic rings. The standard InChI is InChI=1S/C23H16Cl2F2N6.C16H14F2N4O/c1-12(2)23-29-28-20-9-8-19(30-33(20)23)15-11-32(22-16(24)4-3-5-17(22)25)31-21(15)14-7-6-13(26)10-18(14)27;1-9(2)16-20-19-15-6-4-11(21-22(15)16)8-14(23)12-5-3-10(17)7-13(12)18/h3-12H,1-2H3;3-7,9H,8H2,1-2H3. The summed E-state index contributed by atoms with van der Waals surface area (Å²) in [5.41, 5.74) is 3.28. The van der Waals surface area contributed by atoms with Crippen LogP contribution in [0.1, 0.15) is 67.2 Å². The summed E-state index contributed by atoms with van der Waals surface area (Å²) < 4.78 is 59.7. The summed E-state index contributed by atoms with van der Waals surface area (Å²) in [4.78, 5) is 12.2. The fourth-order valence-corrected chi connectivity index (χ4v) is 6.42. The first-order valence-corrected chi connectivity index (χ1v) is 18.0. The minimum Gasteiger partial charge on any atom is -0.294 e. The monoisotopic (exact) mass is 800 g/mol. The second kappa shape index (κ2) is 15.6. The van der Waals surface area contributed by atoms with Crippen molar-refractivity contribution in [3.05, 3.63) is 141 Å². The van der Waals surface area contributed by atoms with Gasteiger partial charge in [0, 0.05) is 41.3 Å². The van der Waals surface area contributed by atoms with Crippen molar-refractivity contribution in [2.24, 2.45) is 0 Å². The number of carbonyl (C=O) groups excluding carboxylic acids is 1. The molecule has 5 aromatic heterocycles. The summed E-state index contributed by atoms with van der Waals surface area (Å²) in [6, 6.07) is 18.2. The molecular formula is C39H30Cl2F4N10O. The third-order valence-corrected chi connectivity index (χ3v) is 9.19. The van der Waals surface area contributed by atoms with Crippen LogP contribution in [0.5, 0.6) is 0 Å². The molecule has 0 saturated carbocycles. The largest absolute Gasteiger partial charge is 0.294 e. The second-order valence-electron chi connectivity index (χ2n) is 13.3. The lowest BCUT2D eigenvalue weighted by atomic mass is 10.1. The van der Waals surface area contributed by atoms with Crippen molar-refractivity contribution in [2.45, 2.75) is 46.0 Å². The Bertz CT molecular complexity index is 2740. The van der Waals surface area contributed by atoms with Gasteiger partial charge in [0.25, 0.3) is 0 Å². The summed E-state index contributed by atoms with van der Waals surface area (Å²) in [5.74, 6) is -1.91. The van der Waals surface area contributed by atoms with Crippen molar-refractivity contribution in [1.29, 1.82) is 0 Å². The van der Waals surface area contributed by atoms with Gasteiger partial charge < -0.3 is 0 Å². The van der Waals surface area contributed by atoms with Gasteiger partial charge in [-0.3, -0.25) is 4.79 Å². The van der Waals surface area contributed by atoms with Crippen LogP contribution in [-0.4, -0.2) is 55.2 Å². The minimum absolute atomic E-state index is 0.0846. The Kier molecular flexibility index (Phi) is 10.6. The van der Waals surface area contributed by atoms with E-state index < -0.39 is 29.1 Å². The molecule has 8 aromatic rings. The van der Waals surface area contributed by atoms with E-state index >= 15 is 0 Å². The van der Waals surface area contributed by atoms with Gasteiger partial charge in [0.05, 0.1) is 33.4 Å². The number of hydrogen-bond donors (Lipinski definition) is 0. The zero-order valence-corrected chi connectivity index (χ0v) is 31.6. The molecular weight excluding hydrogens is 771 g/mol. The number of ketones is 1. The normalized spacial score (nSPS) is 11.5. The Hall–Kier alpha value is -6.06. The average molecular weight is 802 g/mol. The van der Waals surface area contributed by atoms with Crippen molar-refractivity contribution in [3.8, 4) is 28.2 Å². The second-order valence-corrected chi connectivity index (χ2v) is 14.1. The summed E-state index contributed by atoms with van der Waals surface area (Å²) in [6.07, 6.45) is 1.58. The number of nitrogens with zero attached hydrogens (tertiary/aromatic N) is 10. The van der Waals surface area contributed by atoms with E-state index in [2.05, 4.69) is 35.7 Å². The molecule has 0 unspecified atom stereocenters. The van der Waals surface area contributed by atoms with Crippen LogP contribution in [0.4, 0.5) is 17.6 Å². The maximum atomic E-state index is 14.8. The first-order chi connectivity index (χ1) is 26.8. The summed E-state index contributed by atoms with van der Waals surface area (Å²) >= 11 is 12.8. The smallest absolute Gasteiger partial charge is 0.177 e. The number of benzene rings is 3. The molecule has 8 rings (SSSR count). The van der Waals surface area contributed by atoms with E-state index in [0.717, 1.165) is 18.2 Å². The van der Waals surface area contributed by atoms with E-state index in [4.69, 9.17) is 23.2 Å². The van der Waals surface area contributed by atoms with E-state index in [1.54, 1.807) is 57.7 Å². The van der Waals surface area contributed by atoms with Crippen LogP contribution in [0, 0.1) is 23.3 Å². The van der Waals surface area contributed by atoms with Crippen LogP contribution >= 0.6 is 23.2 Å². The van der Waals surface area contributed by atoms with E-state index in [9.17, 15) is 22.4 Å². The number of aromatic nitrogens is 10. The third-order valence-electron chi connectivity index (χ3n) is 8.58. The highest BCUT2D eigenvalue weighted by Gasteiger charge is 2.22. The highest BCUT2D eigenvalue weighted by atomic mass is 35.5. The Labute approximate surface area is 326 Å². The minimum atomic E-state index is -0.872. The van der Waals surface area contributed by atoms with Gasteiger partial charge in [0.1, 0.15) is 34.7 Å². The van der Waals surface area contributed by atoms with Crippen molar-refractivity contribution in [1.82, 2.24) is 49.4 Å². The molecule has 0 saturated heterocycles. The fourth-order valence-electron chi connectivity index (χ4n) is 5.85. The average Bonchev–Trinajstić information content (AvgIpc) is 3.89. The van der Waals surface area contributed by atoms with Crippen molar-refractivity contribution >= 4 is 40.3 Å². The van der Waals surface area contributed by atoms with Crippen LogP contribution in [0.25, 0.3) is 39.5 Å². The molecule has 5 heterocycles. The Morgan fingerprint density at radius 1 is 0.661 bits per heavy atom. The highest BCUT2D eigenvalue weighted by molar-refractivity contribution is 6.37. The SMILES string of the molecule is CC(C)c1nnc2ccc(-c3cn(-c4c(Cl)cccc4Cl)nc3-c3ccc(F)cc3F)nn12.CC(C)c1nnc2ccc(CC(=O)c3ccc(F)cc3F)nn12. The van der Waals surface area contributed by atoms with Gasteiger partial charge in [-0.15, -0.1) is 20.4 Å². The lowest BCUT2D eigenvalue weighted by molar-refractivity contribution is 0.0987. The summed E-state index contributed by atoms with van der Waals surface area (Å²) in [6.45, 7) is 7.90. The molecule has 3 aromatic carbocycles.